The van der Waals surface area contributed by atoms with Gasteiger partial charge in [-0.25, -0.2) is 4.39 Å². The second-order valence-electron chi connectivity index (χ2n) is 5.56. The smallest absolute Gasteiger partial charge is 0.259 e. The number of hydrogen-bond donors (Lipinski definition) is 1. The molecule has 3 aromatic rings. The molecule has 25 heavy (non-hydrogen) atoms. The lowest BCUT2D eigenvalue weighted by Gasteiger charge is -2.12. The van der Waals surface area contributed by atoms with Gasteiger partial charge in [-0.2, -0.15) is 0 Å². The molecule has 1 N–H and O–H groups in total. The Morgan fingerprint density at radius 2 is 1.88 bits per heavy atom. The highest BCUT2D eigenvalue weighted by Crippen LogP contribution is 2.21. The number of aryl methyl sites for hydroxylation is 1. The van der Waals surface area contributed by atoms with Crippen molar-refractivity contribution in [3.8, 4) is 5.75 Å². The van der Waals surface area contributed by atoms with Gasteiger partial charge in [0, 0.05) is 18.1 Å². The molecule has 0 atom stereocenters. The zero-order valence-corrected chi connectivity index (χ0v) is 13.7. The Bertz CT molecular complexity index is 882. The Balaban J connectivity index is 1.75. The summed E-state index contributed by atoms with van der Waals surface area (Å²) >= 11 is 0. The molecule has 0 radical (unpaired) electrons. The van der Waals surface area contributed by atoms with Crippen LogP contribution in [-0.2, 0) is 6.61 Å². The maximum atomic E-state index is 13.6. The molecule has 126 valence electrons. The molecule has 2 aromatic carbocycles. The predicted octanol–water partition coefficient (Wildman–Crippen LogP) is 4.36. The van der Waals surface area contributed by atoms with Crippen molar-refractivity contribution in [1.82, 2.24) is 4.98 Å². The number of hydrogen-bond acceptors (Lipinski definition) is 3. The van der Waals surface area contributed by atoms with Crippen molar-refractivity contribution in [2.75, 3.05) is 5.32 Å². The van der Waals surface area contributed by atoms with Gasteiger partial charge in [0.05, 0.1) is 5.56 Å². The normalized spacial score (nSPS) is 10.3. The SMILES string of the molecule is Cc1ccc(NC(=O)c2ccccc2OCc2ccncc2)cc1F. The summed E-state index contributed by atoms with van der Waals surface area (Å²) in [7, 11) is 0. The van der Waals surface area contributed by atoms with Gasteiger partial charge < -0.3 is 10.1 Å². The lowest BCUT2D eigenvalue weighted by molar-refractivity contribution is 0.102. The molecule has 0 saturated heterocycles. The van der Waals surface area contributed by atoms with Crippen LogP contribution in [0.1, 0.15) is 21.5 Å². The summed E-state index contributed by atoms with van der Waals surface area (Å²) in [5, 5.41) is 2.70. The van der Waals surface area contributed by atoms with Crippen molar-refractivity contribution in [1.29, 1.82) is 0 Å². The van der Waals surface area contributed by atoms with Gasteiger partial charge in [-0.05, 0) is 54.4 Å². The minimum atomic E-state index is -0.361. The van der Waals surface area contributed by atoms with Crippen molar-refractivity contribution >= 4 is 11.6 Å². The largest absolute Gasteiger partial charge is 0.488 e. The van der Waals surface area contributed by atoms with Crippen LogP contribution in [0.5, 0.6) is 5.75 Å². The molecular formula is C20H17FN2O2. The van der Waals surface area contributed by atoms with Crippen LogP contribution in [0.15, 0.2) is 67.0 Å². The molecule has 0 saturated carbocycles. The Morgan fingerprint density at radius 1 is 1.12 bits per heavy atom. The van der Waals surface area contributed by atoms with E-state index in [1.807, 2.05) is 12.1 Å². The van der Waals surface area contributed by atoms with E-state index in [-0.39, 0.29) is 11.7 Å². The maximum absolute atomic E-state index is 13.6. The van der Waals surface area contributed by atoms with Gasteiger partial charge in [-0.1, -0.05) is 18.2 Å². The Morgan fingerprint density at radius 3 is 2.64 bits per heavy atom. The number of ether oxygens (including phenoxy) is 1. The van der Waals surface area contributed by atoms with Crippen LogP contribution in [0.4, 0.5) is 10.1 Å². The number of rotatable bonds is 5. The van der Waals surface area contributed by atoms with Crippen molar-refractivity contribution in [3.05, 3.63) is 89.5 Å². The fourth-order valence-electron chi connectivity index (χ4n) is 2.29. The van der Waals surface area contributed by atoms with Crippen molar-refractivity contribution < 1.29 is 13.9 Å². The highest BCUT2D eigenvalue weighted by Gasteiger charge is 2.13. The van der Waals surface area contributed by atoms with Crippen LogP contribution >= 0.6 is 0 Å². The van der Waals surface area contributed by atoms with Gasteiger partial charge in [0.2, 0.25) is 0 Å². The molecule has 4 nitrogen and oxygen atoms in total. The standard InChI is InChI=1S/C20H17FN2O2/c1-14-6-7-16(12-18(14)21)23-20(24)17-4-2-3-5-19(17)25-13-15-8-10-22-11-9-15/h2-12H,13H2,1H3,(H,23,24). The van der Waals surface area contributed by atoms with E-state index in [1.54, 1.807) is 55.7 Å². The minimum Gasteiger partial charge on any atom is -0.488 e. The molecule has 0 spiro atoms. The Kier molecular flexibility index (Phi) is 5.04. The zero-order valence-electron chi connectivity index (χ0n) is 13.7. The number of benzene rings is 2. The lowest BCUT2D eigenvalue weighted by atomic mass is 10.1. The van der Waals surface area contributed by atoms with Gasteiger partial charge >= 0.3 is 0 Å². The van der Waals surface area contributed by atoms with E-state index in [4.69, 9.17) is 4.74 Å². The number of carbonyl (C=O) groups excluding carboxylic acids is 1. The average molecular weight is 336 g/mol. The summed E-state index contributed by atoms with van der Waals surface area (Å²) in [4.78, 5) is 16.5. The molecule has 1 amide bonds. The molecule has 0 aliphatic carbocycles. The molecule has 0 aliphatic heterocycles. The first-order valence-corrected chi connectivity index (χ1v) is 7.82. The molecular weight excluding hydrogens is 319 g/mol. The summed E-state index contributed by atoms with van der Waals surface area (Å²) in [6.45, 7) is 2.00. The first-order valence-electron chi connectivity index (χ1n) is 7.82. The number of nitrogens with zero attached hydrogens (tertiary/aromatic N) is 1. The number of anilines is 1. The fourth-order valence-corrected chi connectivity index (χ4v) is 2.29. The van der Waals surface area contributed by atoms with Crippen LogP contribution in [0.3, 0.4) is 0 Å². The van der Waals surface area contributed by atoms with Crippen molar-refractivity contribution in [2.24, 2.45) is 0 Å². The zero-order chi connectivity index (χ0) is 17.6. The van der Waals surface area contributed by atoms with E-state index < -0.39 is 0 Å². The third-order valence-electron chi connectivity index (χ3n) is 3.71. The maximum Gasteiger partial charge on any atom is 0.259 e. The third-order valence-corrected chi connectivity index (χ3v) is 3.71. The number of carbonyl (C=O) groups is 1. The number of aromatic nitrogens is 1. The Labute approximate surface area is 145 Å². The number of halogens is 1. The predicted molar refractivity (Wildman–Crippen MR) is 94.1 cm³/mol. The number of pyridine rings is 1. The number of nitrogens with one attached hydrogen (secondary N) is 1. The fraction of sp³-hybridized carbons (Fsp3) is 0.100. The average Bonchev–Trinajstić information content (AvgIpc) is 2.64. The second-order valence-corrected chi connectivity index (χ2v) is 5.56. The van der Waals surface area contributed by atoms with E-state index >= 15 is 0 Å². The topological polar surface area (TPSA) is 51.2 Å². The summed E-state index contributed by atoms with van der Waals surface area (Å²) in [5.74, 6) is -0.252. The first-order chi connectivity index (χ1) is 12.1. The molecule has 0 bridgehead atoms. The second kappa shape index (κ2) is 7.57. The highest BCUT2D eigenvalue weighted by atomic mass is 19.1. The quantitative estimate of drug-likeness (QED) is 0.753. The van der Waals surface area contributed by atoms with Crippen LogP contribution in [0.2, 0.25) is 0 Å². The van der Waals surface area contributed by atoms with Gasteiger partial charge in [-0.15, -0.1) is 0 Å². The lowest BCUT2D eigenvalue weighted by Crippen LogP contribution is -2.14. The van der Waals surface area contributed by atoms with Crippen LogP contribution in [0.25, 0.3) is 0 Å². The van der Waals surface area contributed by atoms with E-state index in [1.165, 1.54) is 6.07 Å². The number of amides is 1. The minimum absolute atomic E-state index is 0.325. The van der Waals surface area contributed by atoms with Gasteiger partial charge in [0.1, 0.15) is 18.2 Å². The third kappa shape index (κ3) is 4.20. The van der Waals surface area contributed by atoms with Crippen molar-refractivity contribution in [3.63, 3.8) is 0 Å². The molecule has 1 aromatic heterocycles. The molecule has 5 heteroatoms. The van der Waals surface area contributed by atoms with E-state index in [9.17, 15) is 9.18 Å². The van der Waals surface area contributed by atoms with Gasteiger partial charge in [0.25, 0.3) is 5.91 Å². The summed E-state index contributed by atoms with van der Waals surface area (Å²) in [6, 6.07) is 15.2. The molecule has 0 fully saturated rings. The monoisotopic (exact) mass is 336 g/mol. The van der Waals surface area contributed by atoms with E-state index in [0.29, 0.717) is 29.2 Å². The van der Waals surface area contributed by atoms with Crippen LogP contribution < -0.4 is 10.1 Å². The highest BCUT2D eigenvalue weighted by molar-refractivity contribution is 6.06. The summed E-state index contributed by atoms with van der Waals surface area (Å²) < 4.78 is 19.4. The summed E-state index contributed by atoms with van der Waals surface area (Å²) in [5.41, 5.74) is 2.26. The Hall–Kier alpha value is -3.21. The van der Waals surface area contributed by atoms with Gasteiger partial charge in [0.15, 0.2) is 0 Å². The summed E-state index contributed by atoms with van der Waals surface area (Å²) in [6.07, 6.45) is 3.37. The van der Waals surface area contributed by atoms with E-state index in [2.05, 4.69) is 10.3 Å². The van der Waals surface area contributed by atoms with E-state index in [0.717, 1.165) is 5.56 Å². The molecule has 1 heterocycles. The van der Waals surface area contributed by atoms with Crippen LogP contribution in [-0.4, -0.2) is 10.9 Å². The molecule has 0 aliphatic rings. The number of para-hydroxylation sites is 1. The van der Waals surface area contributed by atoms with Gasteiger partial charge in [-0.3, -0.25) is 9.78 Å². The first kappa shape index (κ1) is 16.6. The molecule has 3 rings (SSSR count). The molecule has 0 unspecified atom stereocenters. The van der Waals surface area contributed by atoms with Crippen molar-refractivity contribution in [2.45, 2.75) is 13.5 Å². The van der Waals surface area contributed by atoms with Crippen LogP contribution in [0, 0.1) is 12.7 Å².